The van der Waals surface area contributed by atoms with Crippen molar-refractivity contribution in [2.75, 3.05) is 11.5 Å². The molecule has 0 aliphatic heterocycles. The number of rotatable bonds is 21. The summed E-state index contributed by atoms with van der Waals surface area (Å²) in [4.78, 5) is 1.60. The van der Waals surface area contributed by atoms with E-state index < -0.39 is 0 Å². The van der Waals surface area contributed by atoms with Crippen molar-refractivity contribution in [3.63, 3.8) is 0 Å². The molecule has 0 aromatic heterocycles. The Morgan fingerprint density at radius 2 is 0.828 bits per heavy atom. The van der Waals surface area contributed by atoms with Crippen molar-refractivity contribution in [3.8, 4) is 0 Å². The molecule has 168 valence electrons. The zero-order valence-corrected chi connectivity index (χ0v) is 20.8. The van der Waals surface area contributed by atoms with Gasteiger partial charge in [0.2, 0.25) is 0 Å². The van der Waals surface area contributed by atoms with Crippen LogP contribution in [0.3, 0.4) is 0 Å². The fourth-order valence-corrected chi connectivity index (χ4v) is 6.50. The first-order chi connectivity index (χ1) is 14.4. The van der Waals surface area contributed by atoms with E-state index in [4.69, 9.17) is 0 Å². The van der Waals surface area contributed by atoms with E-state index in [9.17, 15) is 0 Å². The van der Waals surface area contributed by atoms with Gasteiger partial charge in [-0.15, -0.1) is 0 Å². The van der Waals surface area contributed by atoms with Gasteiger partial charge in [0.15, 0.2) is 4.90 Å². The van der Waals surface area contributed by atoms with E-state index in [1.807, 2.05) is 0 Å². The van der Waals surface area contributed by atoms with Gasteiger partial charge >= 0.3 is 0 Å². The number of benzene rings is 1. The summed E-state index contributed by atoms with van der Waals surface area (Å²) in [5, 5.41) is 0. The minimum absolute atomic E-state index is 0.495. The molecule has 1 heteroatoms. The molecule has 0 spiro atoms. The molecule has 0 nitrogen and oxygen atoms in total. The van der Waals surface area contributed by atoms with Crippen molar-refractivity contribution in [1.29, 1.82) is 0 Å². The van der Waals surface area contributed by atoms with Gasteiger partial charge in [-0.2, -0.15) is 0 Å². The van der Waals surface area contributed by atoms with Gasteiger partial charge in [-0.1, -0.05) is 128 Å². The van der Waals surface area contributed by atoms with Crippen LogP contribution in [-0.4, -0.2) is 11.5 Å². The lowest BCUT2D eigenvalue weighted by Gasteiger charge is -2.08. The van der Waals surface area contributed by atoms with Crippen LogP contribution < -0.4 is 0 Å². The van der Waals surface area contributed by atoms with E-state index >= 15 is 0 Å². The van der Waals surface area contributed by atoms with Crippen LogP contribution in [0.2, 0.25) is 0 Å². The third kappa shape index (κ3) is 16.0. The van der Waals surface area contributed by atoms with Crippen LogP contribution in [0.15, 0.2) is 35.2 Å². The van der Waals surface area contributed by atoms with Gasteiger partial charge in [0, 0.05) is 10.9 Å². The minimum Gasteiger partial charge on any atom is -0.0654 e. The summed E-state index contributed by atoms with van der Waals surface area (Å²) in [6, 6.07) is 11.3. The predicted molar refractivity (Wildman–Crippen MR) is 136 cm³/mol. The largest absolute Gasteiger partial charge is 0.154 e. The molecule has 1 rings (SSSR count). The van der Waals surface area contributed by atoms with Crippen LogP contribution in [0.1, 0.15) is 129 Å². The molecular weight excluding hydrogens is 368 g/mol. The van der Waals surface area contributed by atoms with Crippen molar-refractivity contribution in [3.05, 3.63) is 30.3 Å². The van der Waals surface area contributed by atoms with Gasteiger partial charge in [-0.3, -0.25) is 0 Å². The summed E-state index contributed by atoms with van der Waals surface area (Å²) < 4.78 is 0. The molecule has 0 saturated heterocycles. The summed E-state index contributed by atoms with van der Waals surface area (Å²) >= 11 is 0. The molecule has 0 fully saturated rings. The Labute approximate surface area is 187 Å². The lowest BCUT2D eigenvalue weighted by atomic mass is 10.0. The van der Waals surface area contributed by atoms with Crippen molar-refractivity contribution in [1.82, 2.24) is 0 Å². The fraction of sp³-hybridized carbons (Fsp3) is 0.786. The Balaban J connectivity index is 1.89. The lowest BCUT2D eigenvalue weighted by Crippen LogP contribution is -2.12. The second-order valence-corrected chi connectivity index (χ2v) is 11.1. The van der Waals surface area contributed by atoms with Gasteiger partial charge in [-0.25, -0.2) is 0 Å². The molecule has 1 unspecified atom stereocenters. The Morgan fingerprint density at radius 1 is 0.448 bits per heavy atom. The molecule has 1 atom stereocenters. The highest BCUT2D eigenvalue weighted by molar-refractivity contribution is 7.96. The Morgan fingerprint density at radius 3 is 1.28 bits per heavy atom. The Bertz CT molecular complexity index is 427. The maximum atomic E-state index is 2.35. The lowest BCUT2D eigenvalue weighted by molar-refractivity contribution is 0.531. The van der Waals surface area contributed by atoms with Gasteiger partial charge in [0.1, 0.15) is 11.5 Å². The number of hydrogen-bond donors (Lipinski definition) is 0. The monoisotopic (exact) mass is 419 g/mol. The Kier molecular flexibility index (Phi) is 19.1. The van der Waals surface area contributed by atoms with Crippen molar-refractivity contribution >= 4 is 10.9 Å². The van der Waals surface area contributed by atoms with E-state index in [0.29, 0.717) is 10.9 Å². The first-order valence-electron chi connectivity index (χ1n) is 13.1. The normalized spacial score (nSPS) is 12.3. The van der Waals surface area contributed by atoms with Crippen LogP contribution in [0.25, 0.3) is 0 Å². The SMILES string of the molecule is CCCCCCCCCCCCCCCCCC[S+](CCCC)c1ccccc1. The van der Waals surface area contributed by atoms with Gasteiger partial charge in [-0.05, 0) is 31.4 Å². The maximum Gasteiger partial charge on any atom is 0.154 e. The van der Waals surface area contributed by atoms with E-state index in [0.717, 1.165) is 0 Å². The molecule has 1 aromatic rings. The maximum absolute atomic E-state index is 2.35. The highest BCUT2D eigenvalue weighted by atomic mass is 32.2. The van der Waals surface area contributed by atoms with E-state index in [2.05, 4.69) is 44.2 Å². The minimum atomic E-state index is 0.495. The van der Waals surface area contributed by atoms with Crippen LogP contribution >= 0.6 is 0 Å². The number of unbranched alkanes of at least 4 members (excludes halogenated alkanes) is 16. The fourth-order valence-electron chi connectivity index (χ4n) is 4.09. The highest BCUT2D eigenvalue weighted by Gasteiger charge is 2.19. The van der Waals surface area contributed by atoms with Gasteiger partial charge < -0.3 is 0 Å². The molecule has 0 heterocycles. The molecule has 1 aromatic carbocycles. The summed E-state index contributed by atoms with van der Waals surface area (Å²) in [5.74, 6) is 2.82. The van der Waals surface area contributed by atoms with Gasteiger partial charge in [0.25, 0.3) is 0 Å². The average molecular weight is 420 g/mol. The summed E-state index contributed by atoms with van der Waals surface area (Å²) in [7, 11) is 0.495. The molecule has 0 N–H and O–H groups in total. The van der Waals surface area contributed by atoms with E-state index in [1.165, 1.54) is 127 Å². The molecule has 0 aliphatic rings. The standard InChI is InChI=1S/C28H51S/c1-3-5-7-8-9-10-11-12-13-14-15-16-17-18-19-23-27-29(26-6-4-2)28-24-21-20-22-25-28/h20-22,24-25H,3-19,23,26-27H2,1-2H3/q+1. The highest BCUT2D eigenvalue weighted by Crippen LogP contribution is 2.19. The Hall–Kier alpha value is -0.430. The quantitative estimate of drug-likeness (QED) is 0.137. The molecule has 29 heavy (non-hydrogen) atoms. The van der Waals surface area contributed by atoms with Crippen LogP contribution in [0, 0.1) is 0 Å². The van der Waals surface area contributed by atoms with Crippen LogP contribution in [-0.2, 0) is 10.9 Å². The molecule has 0 amide bonds. The smallest absolute Gasteiger partial charge is 0.0654 e. The second-order valence-electron chi connectivity index (χ2n) is 8.87. The van der Waals surface area contributed by atoms with Crippen LogP contribution in [0.4, 0.5) is 0 Å². The summed E-state index contributed by atoms with van der Waals surface area (Å²) in [6.07, 6.45) is 26.1. The molecule has 0 radical (unpaired) electrons. The molecular formula is C28H51S+. The van der Waals surface area contributed by atoms with Crippen molar-refractivity contribution in [2.45, 2.75) is 134 Å². The topological polar surface area (TPSA) is 0 Å². The third-order valence-corrected chi connectivity index (χ3v) is 8.57. The third-order valence-electron chi connectivity index (χ3n) is 6.07. The molecule has 0 aliphatic carbocycles. The van der Waals surface area contributed by atoms with Crippen molar-refractivity contribution in [2.24, 2.45) is 0 Å². The van der Waals surface area contributed by atoms with Crippen LogP contribution in [0.5, 0.6) is 0 Å². The average Bonchev–Trinajstić information content (AvgIpc) is 2.76. The summed E-state index contributed by atoms with van der Waals surface area (Å²) in [6.45, 7) is 4.62. The predicted octanol–water partition coefficient (Wildman–Crippen LogP) is 9.73. The first kappa shape index (κ1) is 26.6. The zero-order chi connectivity index (χ0) is 20.8. The van der Waals surface area contributed by atoms with Gasteiger partial charge in [0.05, 0.1) is 0 Å². The second kappa shape index (κ2) is 20.8. The van der Waals surface area contributed by atoms with Crippen molar-refractivity contribution < 1.29 is 0 Å². The molecule has 0 saturated carbocycles. The zero-order valence-electron chi connectivity index (χ0n) is 19.9. The summed E-state index contributed by atoms with van der Waals surface area (Å²) in [5.41, 5.74) is 0. The number of hydrogen-bond acceptors (Lipinski definition) is 0. The molecule has 0 bridgehead atoms. The van der Waals surface area contributed by atoms with E-state index in [-0.39, 0.29) is 0 Å². The first-order valence-corrected chi connectivity index (χ1v) is 14.7. The van der Waals surface area contributed by atoms with E-state index in [1.54, 1.807) is 4.90 Å².